The number of aliphatic hydroxyl groups excluding tert-OH is 5. The van der Waals surface area contributed by atoms with Gasteiger partial charge in [-0.15, -0.1) is 0 Å². The average molecular weight is 465 g/mol. The molecule has 0 radical (unpaired) electrons. The summed E-state index contributed by atoms with van der Waals surface area (Å²) in [6.45, 7) is -1.18. The molecule has 0 saturated carbocycles. The van der Waals surface area contributed by atoms with Crippen LogP contribution in [0.3, 0.4) is 0 Å². The number of aromatic amines is 1. The lowest BCUT2D eigenvalue weighted by Crippen LogP contribution is -2.56. The molecule has 7 atom stereocenters. The van der Waals surface area contributed by atoms with Gasteiger partial charge in [0, 0.05) is 12.6 Å². The Labute approximate surface area is 166 Å². The van der Waals surface area contributed by atoms with Crippen LogP contribution in [-0.4, -0.2) is 84.9 Å². The van der Waals surface area contributed by atoms with E-state index >= 15 is 0 Å². The minimum absolute atomic E-state index is 0.0631. The Morgan fingerprint density at radius 2 is 1.89 bits per heavy atom. The minimum atomic E-state index is -1.85. The van der Waals surface area contributed by atoms with Crippen LogP contribution in [-0.2, 0) is 15.2 Å². The molecule has 2 aliphatic rings. The second kappa shape index (κ2) is 8.16. The zero-order chi connectivity index (χ0) is 20.6. The van der Waals surface area contributed by atoms with Gasteiger partial charge in [-0.2, -0.15) is 0 Å². The van der Waals surface area contributed by atoms with E-state index in [4.69, 9.17) is 9.47 Å². The van der Waals surface area contributed by atoms with E-state index in [1.807, 2.05) is 0 Å². The standard InChI is InChI=1S/C16H21BrN2O9/c17-2-1-7-4-19(15(26)18-14(7)25)16(3-8(22)9(5-20)28-16)13-12(24)11(23)10(6-21)27-13/h1-2,4,8-13,20-24H,3,5-6H2,(H,18,25,26)/t8-,9+,10+,11+,12-,13?,16-/m0/s1. The summed E-state index contributed by atoms with van der Waals surface area (Å²) in [5.41, 5.74) is -3.37. The van der Waals surface area contributed by atoms with Crippen LogP contribution in [0.25, 0.3) is 6.08 Å². The van der Waals surface area contributed by atoms with Crippen LogP contribution < -0.4 is 11.2 Å². The van der Waals surface area contributed by atoms with Crippen molar-refractivity contribution in [2.24, 2.45) is 0 Å². The normalized spacial score (nSPS) is 38.5. The predicted molar refractivity (Wildman–Crippen MR) is 97.6 cm³/mol. The van der Waals surface area contributed by atoms with Crippen molar-refractivity contribution in [3.05, 3.63) is 37.6 Å². The highest BCUT2D eigenvalue weighted by Gasteiger charge is 2.60. The fraction of sp³-hybridized carbons (Fsp3) is 0.625. The first-order valence-corrected chi connectivity index (χ1v) is 9.43. The summed E-state index contributed by atoms with van der Waals surface area (Å²) >= 11 is 3.04. The van der Waals surface area contributed by atoms with E-state index in [0.717, 1.165) is 4.57 Å². The number of rotatable bonds is 5. The summed E-state index contributed by atoms with van der Waals surface area (Å²) in [6.07, 6.45) is -5.64. The zero-order valence-corrected chi connectivity index (χ0v) is 16.1. The smallest absolute Gasteiger partial charge is 0.330 e. The molecule has 156 valence electrons. The number of aromatic nitrogens is 2. The zero-order valence-electron chi connectivity index (χ0n) is 14.5. The topological polar surface area (TPSA) is 174 Å². The quantitative estimate of drug-likeness (QED) is 0.268. The van der Waals surface area contributed by atoms with Crippen molar-refractivity contribution in [3.63, 3.8) is 0 Å². The van der Waals surface area contributed by atoms with Gasteiger partial charge in [-0.05, 0) is 11.1 Å². The van der Waals surface area contributed by atoms with E-state index in [-0.39, 0.29) is 12.0 Å². The number of hydrogen-bond donors (Lipinski definition) is 6. The van der Waals surface area contributed by atoms with Gasteiger partial charge in [-0.1, -0.05) is 15.9 Å². The van der Waals surface area contributed by atoms with Crippen molar-refractivity contribution >= 4 is 22.0 Å². The molecule has 28 heavy (non-hydrogen) atoms. The number of nitrogens with one attached hydrogen (secondary N) is 1. The van der Waals surface area contributed by atoms with Crippen LogP contribution >= 0.6 is 15.9 Å². The molecule has 0 spiro atoms. The van der Waals surface area contributed by atoms with Crippen molar-refractivity contribution in [1.82, 2.24) is 9.55 Å². The van der Waals surface area contributed by atoms with Crippen molar-refractivity contribution in [2.45, 2.75) is 48.8 Å². The van der Waals surface area contributed by atoms with Crippen LogP contribution in [0.2, 0.25) is 0 Å². The summed E-state index contributed by atoms with van der Waals surface area (Å²) in [5.74, 6) is 0. The molecule has 3 heterocycles. The van der Waals surface area contributed by atoms with Gasteiger partial charge in [0.2, 0.25) is 0 Å². The second-order valence-electron chi connectivity index (χ2n) is 6.72. The maximum absolute atomic E-state index is 12.6. The molecule has 2 fully saturated rings. The monoisotopic (exact) mass is 464 g/mol. The Balaban J connectivity index is 2.19. The lowest BCUT2D eigenvalue weighted by Gasteiger charge is -2.37. The van der Waals surface area contributed by atoms with E-state index in [2.05, 4.69) is 20.9 Å². The number of halogens is 1. The summed E-state index contributed by atoms with van der Waals surface area (Å²) in [4.78, 5) is 28.1. The highest BCUT2D eigenvalue weighted by Crippen LogP contribution is 2.43. The second-order valence-corrected chi connectivity index (χ2v) is 7.25. The van der Waals surface area contributed by atoms with E-state index in [9.17, 15) is 35.1 Å². The van der Waals surface area contributed by atoms with Crippen LogP contribution in [0.5, 0.6) is 0 Å². The van der Waals surface area contributed by atoms with Gasteiger partial charge in [0.1, 0.15) is 30.5 Å². The summed E-state index contributed by atoms with van der Waals surface area (Å²) < 4.78 is 12.3. The van der Waals surface area contributed by atoms with Gasteiger partial charge in [0.15, 0.2) is 5.72 Å². The Hall–Kier alpha value is -1.38. The molecule has 1 aromatic rings. The molecule has 12 heteroatoms. The summed E-state index contributed by atoms with van der Waals surface area (Å²) in [5, 5.41) is 49.8. The van der Waals surface area contributed by atoms with E-state index < -0.39 is 66.8 Å². The molecule has 2 saturated heterocycles. The Bertz CT molecular complexity index is 855. The van der Waals surface area contributed by atoms with E-state index in [1.54, 1.807) is 0 Å². The molecule has 0 bridgehead atoms. The maximum atomic E-state index is 12.6. The van der Waals surface area contributed by atoms with Gasteiger partial charge in [0.05, 0.1) is 24.9 Å². The summed E-state index contributed by atoms with van der Waals surface area (Å²) in [7, 11) is 0. The van der Waals surface area contributed by atoms with E-state index in [0.29, 0.717) is 0 Å². The molecule has 11 nitrogen and oxygen atoms in total. The predicted octanol–water partition coefficient (Wildman–Crippen LogP) is -2.82. The average Bonchev–Trinajstić information content (AvgIpc) is 3.15. The van der Waals surface area contributed by atoms with Crippen LogP contribution in [0.1, 0.15) is 12.0 Å². The molecule has 0 amide bonds. The van der Waals surface area contributed by atoms with Crippen molar-refractivity contribution in [3.8, 4) is 0 Å². The van der Waals surface area contributed by atoms with Gasteiger partial charge in [-0.3, -0.25) is 14.3 Å². The van der Waals surface area contributed by atoms with Crippen molar-refractivity contribution < 1.29 is 35.0 Å². The first kappa shape index (κ1) is 21.3. The molecule has 3 rings (SSSR count). The third-order valence-corrected chi connectivity index (χ3v) is 5.34. The fourth-order valence-corrected chi connectivity index (χ4v) is 3.97. The highest BCUT2D eigenvalue weighted by molar-refractivity contribution is 9.11. The first-order valence-electron chi connectivity index (χ1n) is 8.51. The molecule has 1 unspecified atom stereocenters. The molecule has 0 aromatic carbocycles. The number of nitrogens with zero attached hydrogens (tertiary/aromatic N) is 1. The van der Waals surface area contributed by atoms with Gasteiger partial charge < -0.3 is 35.0 Å². The van der Waals surface area contributed by atoms with Gasteiger partial charge in [-0.25, -0.2) is 4.79 Å². The van der Waals surface area contributed by atoms with Gasteiger partial charge >= 0.3 is 5.69 Å². The maximum Gasteiger partial charge on any atom is 0.330 e. The number of ether oxygens (including phenoxy) is 2. The number of hydrogen-bond acceptors (Lipinski definition) is 9. The lowest BCUT2D eigenvalue weighted by atomic mass is 9.94. The molecule has 2 aliphatic heterocycles. The number of aliphatic hydroxyl groups is 5. The Morgan fingerprint density at radius 3 is 2.43 bits per heavy atom. The third kappa shape index (κ3) is 3.39. The molecular formula is C16H21BrN2O9. The van der Waals surface area contributed by atoms with Crippen LogP contribution in [0.15, 0.2) is 20.8 Å². The van der Waals surface area contributed by atoms with Crippen LogP contribution in [0.4, 0.5) is 0 Å². The lowest BCUT2D eigenvalue weighted by molar-refractivity contribution is -0.208. The number of H-pyrrole nitrogens is 1. The Morgan fingerprint density at radius 1 is 1.21 bits per heavy atom. The van der Waals surface area contributed by atoms with Crippen LogP contribution in [0, 0.1) is 0 Å². The summed E-state index contributed by atoms with van der Waals surface area (Å²) in [6, 6.07) is 0. The Kier molecular flexibility index (Phi) is 6.22. The fourth-order valence-electron chi connectivity index (χ4n) is 3.68. The SMILES string of the molecule is O=c1[nH]c(=O)n([C@@]2(C3O[C@H](CO)[C@@H](O)[C@@H]3O)C[C@H](O)[C@@H](CO)O2)cc1C=CBr. The third-order valence-electron chi connectivity index (χ3n) is 5.07. The molecule has 0 aliphatic carbocycles. The first-order chi connectivity index (χ1) is 13.3. The molecule has 6 N–H and O–H groups in total. The minimum Gasteiger partial charge on any atom is -0.394 e. The molecular weight excluding hydrogens is 444 g/mol. The van der Waals surface area contributed by atoms with E-state index in [1.165, 1.54) is 17.3 Å². The van der Waals surface area contributed by atoms with Crippen molar-refractivity contribution in [1.29, 1.82) is 0 Å². The van der Waals surface area contributed by atoms with Gasteiger partial charge in [0.25, 0.3) is 5.56 Å². The largest absolute Gasteiger partial charge is 0.394 e. The molecule has 1 aromatic heterocycles. The van der Waals surface area contributed by atoms with Crippen molar-refractivity contribution in [2.75, 3.05) is 13.2 Å². The highest BCUT2D eigenvalue weighted by atomic mass is 79.9.